The molecule has 3 aromatic carbocycles. The molecule has 1 heterocycles. The molecule has 0 aromatic heterocycles. The normalized spacial score (nSPS) is 16.7. The fourth-order valence-electron chi connectivity index (χ4n) is 3.84. The lowest BCUT2D eigenvalue weighted by molar-refractivity contribution is -0.129. The minimum absolute atomic E-state index is 0.0834. The number of benzene rings is 3. The minimum atomic E-state index is -0.554. The van der Waals surface area contributed by atoms with Gasteiger partial charge >= 0.3 is 0 Å². The Bertz CT molecular complexity index is 1170. The minimum Gasteiger partial charge on any atom is -0.494 e. The third-order valence-corrected chi connectivity index (χ3v) is 6.89. The Labute approximate surface area is 216 Å². The van der Waals surface area contributed by atoms with E-state index in [1.807, 2.05) is 72.8 Å². The lowest BCUT2D eigenvalue weighted by atomic mass is 10.1. The molecule has 1 saturated heterocycles. The maximum absolute atomic E-state index is 13.2. The Hall–Kier alpha value is -3.58. The summed E-state index contributed by atoms with van der Waals surface area (Å²) in [5.41, 5.74) is 2.66. The van der Waals surface area contributed by atoms with Crippen molar-refractivity contribution in [2.75, 3.05) is 18.5 Å². The van der Waals surface area contributed by atoms with Gasteiger partial charge in [-0.1, -0.05) is 67.2 Å². The first kappa shape index (κ1) is 25.5. The van der Waals surface area contributed by atoms with Crippen molar-refractivity contribution in [3.63, 3.8) is 0 Å². The fourth-order valence-corrected chi connectivity index (χ4v) is 4.96. The van der Waals surface area contributed by atoms with E-state index in [-0.39, 0.29) is 18.2 Å². The van der Waals surface area contributed by atoms with E-state index in [1.165, 1.54) is 17.3 Å². The predicted molar refractivity (Wildman–Crippen MR) is 147 cm³/mol. The molecule has 1 unspecified atom stereocenters. The lowest BCUT2D eigenvalue weighted by Gasteiger charge is -2.32. The van der Waals surface area contributed by atoms with E-state index in [2.05, 4.69) is 24.4 Å². The summed E-state index contributed by atoms with van der Waals surface area (Å²) in [5, 5.41) is 2.95. The molecule has 1 aliphatic rings. The van der Waals surface area contributed by atoms with Crippen LogP contribution >= 0.6 is 11.8 Å². The molecule has 7 heteroatoms. The van der Waals surface area contributed by atoms with Gasteiger partial charge in [0.1, 0.15) is 11.0 Å². The monoisotopic (exact) mass is 501 g/mol. The van der Waals surface area contributed by atoms with E-state index in [1.54, 1.807) is 4.90 Å². The first-order valence-electron chi connectivity index (χ1n) is 12.3. The molecular weight excluding hydrogens is 470 g/mol. The van der Waals surface area contributed by atoms with Crippen LogP contribution in [0, 0.1) is 0 Å². The highest BCUT2D eigenvalue weighted by Crippen LogP contribution is 2.30. The summed E-state index contributed by atoms with van der Waals surface area (Å²) < 4.78 is 5.61. The van der Waals surface area contributed by atoms with Crippen LogP contribution in [-0.2, 0) is 16.0 Å². The average Bonchev–Trinajstić information content (AvgIpc) is 2.91. The fraction of sp³-hybridized carbons (Fsp3) is 0.276. The van der Waals surface area contributed by atoms with Crippen LogP contribution in [0.5, 0.6) is 5.75 Å². The number of carbonyl (C=O) groups excluding carboxylic acids is 2. The molecule has 0 bridgehead atoms. The van der Waals surface area contributed by atoms with Crippen molar-refractivity contribution in [3.8, 4) is 5.75 Å². The second-order valence-corrected chi connectivity index (χ2v) is 9.71. The van der Waals surface area contributed by atoms with Crippen LogP contribution in [0.1, 0.15) is 31.7 Å². The molecule has 1 aliphatic heterocycles. The SMILES string of the molecule is CCCOc1ccc(NC(=O)C2CC(=O)N(CCCc3ccccc3)C(=Nc3ccccc3)S2)cc1. The molecule has 0 spiro atoms. The highest BCUT2D eigenvalue weighted by molar-refractivity contribution is 8.15. The van der Waals surface area contributed by atoms with Crippen LogP contribution in [0.2, 0.25) is 0 Å². The number of aliphatic imine (C=N–C) groups is 1. The Balaban J connectivity index is 1.44. The Kier molecular flexibility index (Phi) is 9.16. The van der Waals surface area contributed by atoms with Gasteiger partial charge in [-0.3, -0.25) is 14.5 Å². The van der Waals surface area contributed by atoms with Crippen LogP contribution in [-0.4, -0.2) is 40.3 Å². The molecular formula is C29H31N3O3S. The highest BCUT2D eigenvalue weighted by atomic mass is 32.2. The molecule has 3 aromatic rings. The molecule has 186 valence electrons. The van der Waals surface area contributed by atoms with Crippen molar-refractivity contribution in [3.05, 3.63) is 90.5 Å². The number of nitrogens with one attached hydrogen (secondary N) is 1. The van der Waals surface area contributed by atoms with Crippen molar-refractivity contribution in [1.82, 2.24) is 4.90 Å². The number of aryl methyl sites for hydroxylation is 1. The maximum Gasteiger partial charge on any atom is 0.238 e. The summed E-state index contributed by atoms with van der Waals surface area (Å²) >= 11 is 1.34. The standard InChI is InChI=1S/C29H31N3O3S/c1-2-20-35-25-17-15-24(16-18-25)30-28(34)26-21-27(33)32(19-9-12-22-10-5-3-6-11-22)29(36-26)31-23-13-7-4-8-14-23/h3-8,10-11,13-18,26H,2,9,12,19-21H2,1H3,(H,30,34). The molecule has 1 fully saturated rings. The van der Waals surface area contributed by atoms with Crippen molar-refractivity contribution in [2.45, 2.75) is 37.9 Å². The first-order valence-corrected chi connectivity index (χ1v) is 13.2. The zero-order chi connectivity index (χ0) is 25.2. The van der Waals surface area contributed by atoms with Gasteiger partial charge < -0.3 is 10.1 Å². The number of anilines is 1. The topological polar surface area (TPSA) is 71.0 Å². The third-order valence-electron chi connectivity index (χ3n) is 5.70. The number of amidine groups is 1. The van der Waals surface area contributed by atoms with Crippen LogP contribution in [0.4, 0.5) is 11.4 Å². The Morgan fingerprint density at radius 1 is 1.03 bits per heavy atom. The van der Waals surface area contributed by atoms with Gasteiger partial charge in [0, 0.05) is 18.7 Å². The quantitative estimate of drug-likeness (QED) is 0.366. The number of nitrogens with zero attached hydrogens (tertiary/aromatic N) is 2. The number of para-hydroxylation sites is 1. The van der Waals surface area contributed by atoms with Crippen LogP contribution in [0.15, 0.2) is 89.9 Å². The van der Waals surface area contributed by atoms with Crippen LogP contribution < -0.4 is 10.1 Å². The zero-order valence-corrected chi connectivity index (χ0v) is 21.2. The number of carbonyl (C=O) groups is 2. The number of amides is 2. The number of ether oxygens (including phenoxy) is 1. The summed E-state index contributed by atoms with van der Waals surface area (Å²) in [6, 6.07) is 27.1. The van der Waals surface area contributed by atoms with E-state index in [9.17, 15) is 9.59 Å². The maximum atomic E-state index is 13.2. The summed E-state index contributed by atoms with van der Waals surface area (Å²) in [6.45, 7) is 3.26. The van der Waals surface area contributed by atoms with E-state index in [0.29, 0.717) is 24.0 Å². The van der Waals surface area contributed by atoms with Gasteiger partial charge in [-0.2, -0.15) is 0 Å². The van der Waals surface area contributed by atoms with Gasteiger partial charge in [-0.25, -0.2) is 4.99 Å². The van der Waals surface area contributed by atoms with Crippen molar-refractivity contribution >= 4 is 40.1 Å². The van der Waals surface area contributed by atoms with Gasteiger partial charge in [0.2, 0.25) is 11.8 Å². The van der Waals surface area contributed by atoms with Gasteiger partial charge in [0.05, 0.1) is 12.3 Å². The average molecular weight is 502 g/mol. The van der Waals surface area contributed by atoms with E-state index < -0.39 is 5.25 Å². The lowest BCUT2D eigenvalue weighted by Crippen LogP contribution is -2.45. The molecule has 2 amide bonds. The largest absolute Gasteiger partial charge is 0.494 e. The van der Waals surface area contributed by atoms with E-state index in [4.69, 9.17) is 9.73 Å². The van der Waals surface area contributed by atoms with Crippen LogP contribution in [0.25, 0.3) is 0 Å². The molecule has 6 nitrogen and oxygen atoms in total. The second-order valence-electron chi connectivity index (χ2n) is 8.54. The molecule has 4 rings (SSSR count). The Morgan fingerprint density at radius 3 is 2.42 bits per heavy atom. The molecule has 0 radical (unpaired) electrons. The highest BCUT2D eigenvalue weighted by Gasteiger charge is 2.35. The molecule has 0 aliphatic carbocycles. The number of hydrogen-bond acceptors (Lipinski definition) is 5. The molecule has 1 N–H and O–H groups in total. The van der Waals surface area contributed by atoms with E-state index in [0.717, 1.165) is 30.7 Å². The molecule has 36 heavy (non-hydrogen) atoms. The summed E-state index contributed by atoms with van der Waals surface area (Å²) in [7, 11) is 0. The zero-order valence-electron chi connectivity index (χ0n) is 20.4. The molecule has 1 atom stereocenters. The van der Waals surface area contributed by atoms with Crippen LogP contribution in [0.3, 0.4) is 0 Å². The van der Waals surface area contributed by atoms with Crippen molar-refractivity contribution in [2.24, 2.45) is 4.99 Å². The van der Waals surface area contributed by atoms with Crippen molar-refractivity contribution in [1.29, 1.82) is 0 Å². The smallest absolute Gasteiger partial charge is 0.238 e. The van der Waals surface area contributed by atoms with Crippen molar-refractivity contribution < 1.29 is 14.3 Å². The first-order chi connectivity index (χ1) is 17.6. The molecule has 0 saturated carbocycles. The number of rotatable bonds is 10. The van der Waals surface area contributed by atoms with Gasteiger partial charge in [-0.05, 0) is 61.2 Å². The summed E-state index contributed by atoms with van der Waals surface area (Å²) in [6.07, 6.45) is 2.75. The Morgan fingerprint density at radius 2 is 1.72 bits per heavy atom. The summed E-state index contributed by atoms with van der Waals surface area (Å²) in [4.78, 5) is 32.7. The van der Waals surface area contributed by atoms with Gasteiger partial charge in [0.25, 0.3) is 0 Å². The third kappa shape index (κ3) is 7.21. The van der Waals surface area contributed by atoms with Gasteiger partial charge in [0.15, 0.2) is 5.17 Å². The van der Waals surface area contributed by atoms with E-state index >= 15 is 0 Å². The number of hydrogen-bond donors (Lipinski definition) is 1. The summed E-state index contributed by atoms with van der Waals surface area (Å²) in [5.74, 6) is 0.473. The van der Waals surface area contributed by atoms with Gasteiger partial charge in [-0.15, -0.1) is 0 Å². The predicted octanol–water partition coefficient (Wildman–Crippen LogP) is 6.07. The number of thioether (sulfide) groups is 1. The second kappa shape index (κ2) is 12.9.